The van der Waals surface area contributed by atoms with E-state index in [9.17, 15) is 0 Å². The standard InChI is InChI=1S/C12H14N2O3/c1-15-9-4-3-5-10(16-2)11(9)12-8(6-13)14-7-17-12/h3-5,7H,6,13H2,1-2H3. The van der Waals surface area contributed by atoms with Crippen LogP contribution in [0.15, 0.2) is 29.0 Å². The fourth-order valence-corrected chi connectivity index (χ4v) is 1.69. The van der Waals surface area contributed by atoms with Crippen molar-refractivity contribution in [2.45, 2.75) is 6.54 Å². The Hall–Kier alpha value is -2.01. The Morgan fingerprint density at radius 2 is 1.88 bits per heavy atom. The first-order chi connectivity index (χ1) is 8.31. The lowest BCUT2D eigenvalue weighted by Gasteiger charge is -2.11. The highest BCUT2D eigenvalue weighted by atomic mass is 16.5. The molecular formula is C12H14N2O3. The van der Waals surface area contributed by atoms with Gasteiger partial charge in [0.05, 0.1) is 14.2 Å². The van der Waals surface area contributed by atoms with Crippen molar-refractivity contribution in [2.75, 3.05) is 14.2 Å². The first kappa shape index (κ1) is 11.5. The van der Waals surface area contributed by atoms with Crippen molar-refractivity contribution in [3.8, 4) is 22.8 Å². The van der Waals surface area contributed by atoms with E-state index in [2.05, 4.69) is 4.98 Å². The zero-order valence-corrected chi connectivity index (χ0v) is 9.77. The number of hydrogen-bond donors (Lipinski definition) is 1. The van der Waals surface area contributed by atoms with Crippen LogP contribution in [-0.4, -0.2) is 19.2 Å². The van der Waals surface area contributed by atoms with E-state index >= 15 is 0 Å². The summed E-state index contributed by atoms with van der Waals surface area (Å²) < 4.78 is 16.0. The quantitative estimate of drug-likeness (QED) is 0.873. The molecule has 90 valence electrons. The third-order valence-corrected chi connectivity index (χ3v) is 2.49. The van der Waals surface area contributed by atoms with Crippen molar-refractivity contribution >= 4 is 0 Å². The summed E-state index contributed by atoms with van der Waals surface area (Å²) in [6.45, 7) is 0.299. The van der Waals surface area contributed by atoms with Crippen molar-refractivity contribution in [3.63, 3.8) is 0 Å². The summed E-state index contributed by atoms with van der Waals surface area (Å²) in [5, 5.41) is 0. The minimum atomic E-state index is 0.299. The molecule has 1 heterocycles. The third-order valence-electron chi connectivity index (χ3n) is 2.49. The molecule has 0 spiro atoms. The normalized spacial score (nSPS) is 10.3. The number of aromatic nitrogens is 1. The SMILES string of the molecule is COc1cccc(OC)c1-c1ocnc1CN. The molecule has 0 aliphatic rings. The smallest absolute Gasteiger partial charge is 0.181 e. The average Bonchev–Trinajstić information content (AvgIpc) is 2.85. The van der Waals surface area contributed by atoms with Crippen LogP contribution in [0.2, 0.25) is 0 Å². The molecule has 5 heteroatoms. The van der Waals surface area contributed by atoms with E-state index < -0.39 is 0 Å². The lowest BCUT2D eigenvalue weighted by molar-refractivity contribution is 0.394. The van der Waals surface area contributed by atoms with Gasteiger partial charge in [-0.05, 0) is 12.1 Å². The number of oxazole rings is 1. The van der Waals surface area contributed by atoms with E-state index in [1.54, 1.807) is 14.2 Å². The van der Waals surface area contributed by atoms with Crippen LogP contribution in [0.1, 0.15) is 5.69 Å². The van der Waals surface area contributed by atoms with Crippen LogP contribution >= 0.6 is 0 Å². The summed E-state index contributed by atoms with van der Waals surface area (Å²) in [4.78, 5) is 4.06. The molecule has 0 aliphatic heterocycles. The Morgan fingerprint density at radius 3 is 2.41 bits per heavy atom. The summed E-state index contributed by atoms with van der Waals surface area (Å²) in [7, 11) is 3.19. The summed E-state index contributed by atoms with van der Waals surface area (Å²) in [5.41, 5.74) is 7.02. The highest BCUT2D eigenvalue weighted by Gasteiger charge is 2.19. The fraction of sp³-hybridized carbons (Fsp3) is 0.250. The summed E-state index contributed by atoms with van der Waals surface area (Å²) in [6.07, 6.45) is 1.36. The molecular weight excluding hydrogens is 220 g/mol. The molecule has 0 saturated heterocycles. The number of benzene rings is 1. The van der Waals surface area contributed by atoms with Crippen LogP contribution < -0.4 is 15.2 Å². The van der Waals surface area contributed by atoms with Gasteiger partial charge in [-0.25, -0.2) is 4.98 Å². The molecule has 0 atom stereocenters. The van der Waals surface area contributed by atoms with Crippen LogP contribution in [0, 0.1) is 0 Å². The minimum Gasteiger partial charge on any atom is -0.496 e. The van der Waals surface area contributed by atoms with Crippen molar-refractivity contribution < 1.29 is 13.9 Å². The van der Waals surface area contributed by atoms with E-state index in [1.807, 2.05) is 18.2 Å². The van der Waals surface area contributed by atoms with Gasteiger partial charge in [-0.15, -0.1) is 0 Å². The summed E-state index contributed by atoms with van der Waals surface area (Å²) >= 11 is 0. The number of nitrogens with two attached hydrogens (primary N) is 1. The van der Waals surface area contributed by atoms with Crippen molar-refractivity contribution in [2.24, 2.45) is 5.73 Å². The maximum absolute atomic E-state index is 5.61. The van der Waals surface area contributed by atoms with Gasteiger partial charge >= 0.3 is 0 Å². The van der Waals surface area contributed by atoms with Gasteiger partial charge in [0, 0.05) is 6.54 Å². The van der Waals surface area contributed by atoms with Crippen LogP contribution in [0.4, 0.5) is 0 Å². The van der Waals surface area contributed by atoms with Crippen LogP contribution in [-0.2, 0) is 6.54 Å². The van der Waals surface area contributed by atoms with E-state index in [1.165, 1.54) is 6.39 Å². The Morgan fingerprint density at radius 1 is 1.24 bits per heavy atom. The lowest BCUT2D eigenvalue weighted by atomic mass is 10.1. The number of nitrogens with zero attached hydrogens (tertiary/aromatic N) is 1. The largest absolute Gasteiger partial charge is 0.496 e. The van der Waals surface area contributed by atoms with Gasteiger partial charge in [0.25, 0.3) is 0 Å². The van der Waals surface area contributed by atoms with Crippen molar-refractivity contribution in [1.29, 1.82) is 0 Å². The molecule has 0 saturated carbocycles. The molecule has 1 aromatic carbocycles. The second kappa shape index (κ2) is 4.88. The first-order valence-electron chi connectivity index (χ1n) is 5.15. The Kier molecular flexibility index (Phi) is 3.30. The maximum Gasteiger partial charge on any atom is 0.181 e. The van der Waals surface area contributed by atoms with E-state index in [-0.39, 0.29) is 0 Å². The zero-order valence-electron chi connectivity index (χ0n) is 9.77. The van der Waals surface area contributed by atoms with Gasteiger partial charge in [0.1, 0.15) is 22.8 Å². The molecule has 0 unspecified atom stereocenters. The van der Waals surface area contributed by atoms with Gasteiger partial charge in [0.15, 0.2) is 12.2 Å². The van der Waals surface area contributed by atoms with Crippen LogP contribution in [0.5, 0.6) is 11.5 Å². The highest BCUT2D eigenvalue weighted by Crippen LogP contribution is 2.39. The molecule has 2 aromatic rings. The van der Waals surface area contributed by atoms with Gasteiger partial charge in [0.2, 0.25) is 0 Å². The van der Waals surface area contributed by atoms with E-state index in [4.69, 9.17) is 19.6 Å². The topological polar surface area (TPSA) is 70.5 Å². The number of methoxy groups -OCH3 is 2. The van der Waals surface area contributed by atoms with Gasteiger partial charge in [-0.1, -0.05) is 6.07 Å². The molecule has 2 rings (SSSR count). The predicted octanol–water partition coefficient (Wildman–Crippen LogP) is 1.82. The monoisotopic (exact) mass is 234 g/mol. The van der Waals surface area contributed by atoms with Gasteiger partial charge in [-0.3, -0.25) is 0 Å². The first-order valence-corrected chi connectivity index (χ1v) is 5.15. The molecule has 0 radical (unpaired) electrons. The Bertz CT molecular complexity index is 486. The molecule has 1 aromatic heterocycles. The number of ether oxygens (including phenoxy) is 2. The Labute approximate surface area is 99.2 Å². The second-order valence-corrected chi connectivity index (χ2v) is 3.37. The molecule has 0 bridgehead atoms. The fourth-order valence-electron chi connectivity index (χ4n) is 1.69. The molecule has 0 fully saturated rings. The Balaban J connectivity index is 2.64. The van der Waals surface area contributed by atoms with E-state index in [0.717, 1.165) is 5.56 Å². The number of hydrogen-bond acceptors (Lipinski definition) is 5. The molecule has 0 aliphatic carbocycles. The number of rotatable bonds is 4. The van der Waals surface area contributed by atoms with E-state index in [0.29, 0.717) is 29.5 Å². The summed E-state index contributed by atoms with van der Waals surface area (Å²) in [5.74, 6) is 1.91. The molecule has 5 nitrogen and oxygen atoms in total. The highest BCUT2D eigenvalue weighted by molar-refractivity contribution is 5.74. The minimum absolute atomic E-state index is 0.299. The second-order valence-electron chi connectivity index (χ2n) is 3.37. The van der Waals surface area contributed by atoms with Crippen molar-refractivity contribution in [1.82, 2.24) is 4.98 Å². The summed E-state index contributed by atoms with van der Waals surface area (Å²) in [6, 6.07) is 5.51. The van der Waals surface area contributed by atoms with Crippen LogP contribution in [0.25, 0.3) is 11.3 Å². The molecule has 17 heavy (non-hydrogen) atoms. The lowest BCUT2D eigenvalue weighted by Crippen LogP contribution is -2.00. The predicted molar refractivity (Wildman–Crippen MR) is 62.9 cm³/mol. The average molecular weight is 234 g/mol. The van der Waals surface area contributed by atoms with Gasteiger partial charge in [-0.2, -0.15) is 0 Å². The molecule has 2 N–H and O–H groups in total. The van der Waals surface area contributed by atoms with Gasteiger partial charge < -0.3 is 19.6 Å². The molecule has 0 amide bonds. The third kappa shape index (κ3) is 1.97. The van der Waals surface area contributed by atoms with Crippen molar-refractivity contribution in [3.05, 3.63) is 30.3 Å². The maximum atomic E-state index is 5.61. The van der Waals surface area contributed by atoms with Crippen LogP contribution in [0.3, 0.4) is 0 Å². The zero-order chi connectivity index (χ0) is 12.3.